The lowest BCUT2D eigenvalue weighted by atomic mass is 10.2. The number of carbonyl (C=O) groups is 1. The maximum absolute atomic E-state index is 11.2. The van der Waals surface area contributed by atoms with Gasteiger partial charge >= 0.3 is 0 Å². The van der Waals surface area contributed by atoms with Crippen LogP contribution >= 0.6 is 11.3 Å². The van der Waals surface area contributed by atoms with Gasteiger partial charge in [-0.25, -0.2) is 9.97 Å². The molecule has 0 saturated heterocycles. The lowest BCUT2D eigenvalue weighted by Gasteiger charge is -2.09. The van der Waals surface area contributed by atoms with Crippen molar-refractivity contribution in [1.82, 2.24) is 9.97 Å². The second kappa shape index (κ2) is 5.73. The van der Waals surface area contributed by atoms with Crippen molar-refractivity contribution in [3.8, 4) is 0 Å². The van der Waals surface area contributed by atoms with Crippen LogP contribution in [-0.4, -0.2) is 15.9 Å². The lowest BCUT2D eigenvalue weighted by Crippen LogP contribution is -2.05. The second-order valence-electron chi connectivity index (χ2n) is 5.07. The minimum absolute atomic E-state index is 0.0918. The van der Waals surface area contributed by atoms with Crippen LogP contribution < -0.4 is 10.6 Å². The van der Waals surface area contributed by atoms with Gasteiger partial charge in [0.15, 0.2) is 0 Å². The minimum atomic E-state index is -0.0918. The number of hydrogen-bond donors (Lipinski definition) is 2. The molecule has 0 aliphatic heterocycles. The van der Waals surface area contributed by atoms with Crippen LogP contribution in [0.4, 0.5) is 17.2 Å². The molecule has 0 aliphatic carbocycles. The Hall–Kier alpha value is -2.47. The third kappa shape index (κ3) is 2.78. The summed E-state index contributed by atoms with van der Waals surface area (Å²) in [6.45, 7) is 5.66. The van der Waals surface area contributed by atoms with Gasteiger partial charge < -0.3 is 10.6 Å². The molecule has 5 nitrogen and oxygen atoms in total. The average molecular weight is 312 g/mol. The summed E-state index contributed by atoms with van der Waals surface area (Å²) >= 11 is 1.67. The number of nitrogens with zero attached hydrogens (tertiary/aromatic N) is 2. The Morgan fingerprint density at radius 2 is 1.95 bits per heavy atom. The summed E-state index contributed by atoms with van der Waals surface area (Å²) < 4.78 is 0. The van der Waals surface area contributed by atoms with Gasteiger partial charge in [-0.3, -0.25) is 4.79 Å². The molecule has 2 aromatic heterocycles. The van der Waals surface area contributed by atoms with E-state index in [9.17, 15) is 4.79 Å². The largest absolute Gasteiger partial charge is 0.340 e. The number of benzene rings is 1. The van der Waals surface area contributed by atoms with E-state index in [-0.39, 0.29) is 5.91 Å². The quantitative estimate of drug-likeness (QED) is 0.767. The van der Waals surface area contributed by atoms with Crippen molar-refractivity contribution in [2.75, 3.05) is 10.6 Å². The van der Waals surface area contributed by atoms with Crippen LogP contribution in [-0.2, 0) is 4.79 Å². The van der Waals surface area contributed by atoms with Crippen LogP contribution in [0.15, 0.2) is 30.6 Å². The van der Waals surface area contributed by atoms with Gasteiger partial charge in [0.05, 0.1) is 5.39 Å². The van der Waals surface area contributed by atoms with Gasteiger partial charge in [-0.1, -0.05) is 6.07 Å². The molecule has 0 atom stereocenters. The van der Waals surface area contributed by atoms with Gasteiger partial charge in [0.1, 0.15) is 17.0 Å². The van der Waals surface area contributed by atoms with E-state index in [1.54, 1.807) is 17.7 Å². The number of anilines is 3. The molecule has 0 saturated carbocycles. The normalized spacial score (nSPS) is 10.7. The number of aromatic nitrogens is 2. The molecule has 0 aliphatic rings. The smallest absolute Gasteiger partial charge is 0.221 e. The molecule has 3 aromatic rings. The third-order valence-electron chi connectivity index (χ3n) is 3.41. The van der Waals surface area contributed by atoms with E-state index in [0.717, 1.165) is 27.4 Å². The first kappa shape index (κ1) is 14.5. The van der Waals surface area contributed by atoms with Crippen LogP contribution in [0.5, 0.6) is 0 Å². The predicted octanol–water partition coefficient (Wildman–Crippen LogP) is 4.01. The van der Waals surface area contributed by atoms with Gasteiger partial charge in [-0.15, -0.1) is 11.3 Å². The van der Waals surface area contributed by atoms with Gasteiger partial charge in [-0.05, 0) is 37.6 Å². The summed E-state index contributed by atoms with van der Waals surface area (Å²) in [6, 6.07) is 7.55. The van der Waals surface area contributed by atoms with E-state index >= 15 is 0 Å². The number of fused-ring (bicyclic) bond motifs is 1. The topological polar surface area (TPSA) is 66.9 Å². The van der Waals surface area contributed by atoms with Crippen molar-refractivity contribution in [1.29, 1.82) is 0 Å². The van der Waals surface area contributed by atoms with Crippen molar-refractivity contribution in [3.63, 3.8) is 0 Å². The van der Waals surface area contributed by atoms with Crippen LogP contribution in [0.3, 0.4) is 0 Å². The maximum Gasteiger partial charge on any atom is 0.221 e. The zero-order valence-electron chi connectivity index (χ0n) is 12.6. The molecule has 22 heavy (non-hydrogen) atoms. The number of carbonyl (C=O) groups excluding carboxylic acids is 1. The van der Waals surface area contributed by atoms with E-state index in [0.29, 0.717) is 0 Å². The number of hydrogen-bond acceptors (Lipinski definition) is 5. The highest BCUT2D eigenvalue weighted by atomic mass is 32.1. The first-order chi connectivity index (χ1) is 10.5. The Morgan fingerprint density at radius 1 is 1.18 bits per heavy atom. The summed E-state index contributed by atoms with van der Waals surface area (Å²) in [6.07, 6.45) is 1.57. The highest BCUT2D eigenvalue weighted by Gasteiger charge is 2.12. The van der Waals surface area contributed by atoms with Crippen LogP contribution in [0, 0.1) is 13.8 Å². The monoisotopic (exact) mass is 312 g/mol. The lowest BCUT2D eigenvalue weighted by molar-refractivity contribution is -0.114. The maximum atomic E-state index is 11.2. The van der Waals surface area contributed by atoms with E-state index in [4.69, 9.17) is 0 Å². The number of amides is 1. The van der Waals surface area contributed by atoms with Crippen LogP contribution in [0.25, 0.3) is 10.2 Å². The number of rotatable bonds is 3. The summed E-state index contributed by atoms with van der Waals surface area (Å²) in [5, 5.41) is 7.14. The summed E-state index contributed by atoms with van der Waals surface area (Å²) in [5.41, 5.74) is 2.82. The Balaban J connectivity index is 1.98. The van der Waals surface area contributed by atoms with Gasteiger partial charge in [0, 0.05) is 23.2 Å². The van der Waals surface area contributed by atoms with Gasteiger partial charge in [-0.2, -0.15) is 0 Å². The molecule has 3 rings (SSSR count). The molecule has 1 aromatic carbocycles. The summed E-state index contributed by atoms with van der Waals surface area (Å²) in [7, 11) is 0. The molecular formula is C16H16N4OS. The van der Waals surface area contributed by atoms with Gasteiger partial charge in [0.2, 0.25) is 5.91 Å². The molecule has 2 N–H and O–H groups in total. The van der Waals surface area contributed by atoms with Gasteiger partial charge in [0.25, 0.3) is 0 Å². The second-order valence-corrected chi connectivity index (χ2v) is 6.28. The average Bonchev–Trinajstić information content (AvgIpc) is 2.75. The van der Waals surface area contributed by atoms with Crippen molar-refractivity contribution >= 4 is 44.7 Å². The SMILES string of the molecule is CC(=O)Nc1cccc(Nc2ncnc3sc(C)c(C)c23)c1. The Kier molecular flexibility index (Phi) is 3.77. The molecule has 1 amide bonds. The molecule has 0 bridgehead atoms. The standard InChI is InChI=1S/C16H16N4OS/c1-9-10(2)22-16-14(9)15(17-8-18-16)20-13-6-4-5-12(7-13)19-11(3)21/h4-8H,1-3H3,(H,19,21)(H,17,18,20). The zero-order chi connectivity index (χ0) is 15.7. The fraction of sp³-hybridized carbons (Fsp3) is 0.188. The molecule has 112 valence electrons. The first-order valence-corrected chi connectivity index (χ1v) is 7.71. The van der Waals surface area contributed by atoms with Crippen molar-refractivity contribution in [2.24, 2.45) is 0 Å². The fourth-order valence-corrected chi connectivity index (χ4v) is 3.29. The van der Waals surface area contributed by atoms with E-state index in [1.165, 1.54) is 17.4 Å². The number of aryl methyl sites for hydroxylation is 2. The molecule has 6 heteroatoms. The van der Waals surface area contributed by atoms with Crippen molar-refractivity contribution < 1.29 is 4.79 Å². The molecule has 0 fully saturated rings. The summed E-state index contributed by atoms with van der Waals surface area (Å²) in [5.74, 6) is 0.692. The van der Waals surface area contributed by atoms with E-state index in [2.05, 4.69) is 34.4 Å². The van der Waals surface area contributed by atoms with Crippen molar-refractivity contribution in [2.45, 2.75) is 20.8 Å². The molecule has 0 radical (unpaired) electrons. The van der Waals surface area contributed by atoms with Crippen molar-refractivity contribution in [3.05, 3.63) is 41.0 Å². The Labute approximate surface area is 132 Å². The Morgan fingerprint density at radius 3 is 2.73 bits per heavy atom. The van der Waals surface area contributed by atoms with Crippen LogP contribution in [0.2, 0.25) is 0 Å². The molecule has 0 unspecified atom stereocenters. The Bertz CT molecular complexity index is 856. The third-order valence-corrected chi connectivity index (χ3v) is 4.53. The highest BCUT2D eigenvalue weighted by Crippen LogP contribution is 2.33. The highest BCUT2D eigenvalue weighted by molar-refractivity contribution is 7.18. The molecule has 2 heterocycles. The predicted molar refractivity (Wildman–Crippen MR) is 90.9 cm³/mol. The minimum Gasteiger partial charge on any atom is -0.340 e. The fourth-order valence-electron chi connectivity index (χ4n) is 2.29. The first-order valence-electron chi connectivity index (χ1n) is 6.90. The zero-order valence-corrected chi connectivity index (χ0v) is 13.4. The van der Waals surface area contributed by atoms with E-state index < -0.39 is 0 Å². The number of thiophene rings is 1. The molecule has 0 spiro atoms. The van der Waals surface area contributed by atoms with Crippen LogP contribution in [0.1, 0.15) is 17.4 Å². The van der Waals surface area contributed by atoms with E-state index in [1.807, 2.05) is 24.3 Å². The summed E-state index contributed by atoms with van der Waals surface area (Å²) in [4.78, 5) is 22.1. The molecular weight excluding hydrogens is 296 g/mol. The number of nitrogens with one attached hydrogen (secondary N) is 2.